The van der Waals surface area contributed by atoms with Gasteiger partial charge in [0.2, 0.25) is 0 Å². The van der Waals surface area contributed by atoms with Crippen LogP contribution in [0.5, 0.6) is 0 Å². The number of halogens is 3. The van der Waals surface area contributed by atoms with E-state index in [-0.39, 0.29) is 11.8 Å². The van der Waals surface area contributed by atoms with Crippen molar-refractivity contribution in [3.05, 3.63) is 18.0 Å². The number of aromatic nitrogens is 4. The van der Waals surface area contributed by atoms with E-state index in [9.17, 15) is 13.2 Å². The summed E-state index contributed by atoms with van der Waals surface area (Å²) >= 11 is 0. The Bertz CT molecular complexity index is 626. The zero-order chi connectivity index (χ0) is 14.3. The fourth-order valence-corrected chi connectivity index (χ4v) is 2.15. The van der Waals surface area contributed by atoms with Crippen molar-refractivity contribution in [1.82, 2.24) is 19.8 Å². The molecule has 1 fully saturated rings. The second kappa shape index (κ2) is 4.58. The van der Waals surface area contributed by atoms with Crippen molar-refractivity contribution in [3.8, 4) is 0 Å². The number of hydrogen-bond acceptors (Lipinski definition) is 5. The van der Waals surface area contributed by atoms with E-state index < -0.39 is 12.0 Å². The Kier molecular flexibility index (Phi) is 3.00. The summed E-state index contributed by atoms with van der Waals surface area (Å²) in [6.07, 6.45) is -4.56. The summed E-state index contributed by atoms with van der Waals surface area (Å²) < 4.78 is 44.5. The van der Waals surface area contributed by atoms with E-state index in [1.165, 1.54) is 6.07 Å². The molecule has 2 aromatic heterocycles. The molecular weight excluding hydrogens is 275 g/mol. The zero-order valence-electron chi connectivity index (χ0n) is 10.6. The summed E-state index contributed by atoms with van der Waals surface area (Å²) in [6.45, 7) is 3.61. The first-order chi connectivity index (χ1) is 9.45. The molecule has 0 N–H and O–H groups in total. The Morgan fingerprint density at radius 1 is 1.30 bits per heavy atom. The molecule has 2 aromatic rings. The van der Waals surface area contributed by atoms with E-state index in [2.05, 4.69) is 15.3 Å². The van der Waals surface area contributed by atoms with Crippen LogP contribution in [-0.2, 0) is 10.9 Å². The Morgan fingerprint density at radius 3 is 2.80 bits per heavy atom. The molecule has 0 amide bonds. The molecule has 0 radical (unpaired) electrons. The van der Waals surface area contributed by atoms with Gasteiger partial charge in [-0.1, -0.05) is 0 Å². The van der Waals surface area contributed by atoms with Crippen LogP contribution in [0, 0.1) is 0 Å². The summed E-state index contributed by atoms with van der Waals surface area (Å²) in [5.74, 6) is -0.659. The first kappa shape index (κ1) is 13.1. The van der Waals surface area contributed by atoms with Gasteiger partial charge in [0.25, 0.3) is 5.82 Å². The van der Waals surface area contributed by atoms with Gasteiger partial charge in [-0.15, -0.1) is 15.3 Å². The smallest absolute Gasteiger partial charge is 0.375 e. The summed E-state index contributed by atoms with van der Waals surface area (Å²) in [4.78, 5) is 1.88. The molecule has 1 aliphatic rings. The van der Waals surface area contributed by atoms with Crippen LogP contribution in [0.15, 0.2) is 12.1 Å². The maximum Gasteiger partial charge on any atom is 0.453 e. The van der Waals surface area contributed by atoms with Crippen LogP contribution in [0.1, 0.15) is 12.7 Å². The van der Waals surface area contributed by atoms with Crippen molar-refractivity contribution in [2.45, 2.75) is 19.2 Å². The Morgan fingerprint density at radius 2 is 2.10 bits per heavy atom. The van der Waals surface area contributed by atoms with E-state index in [1.807, 2.05) is 11.8 Å². The molecule has 108 valence electrons. The number of ether oxygens (including phenoxy) is 1. The lowest BCUT2D eigenvalue weighted by Gasteiger charge is -2.31. The van der Waals surface area contributed by atoms with Crippen LogP contribution >= 0.6 is 0 Å². The van der Waals surface area contributed by atoms with Gasteiger partial charge in [0.05, 0.1) is 12.7 Å². The molecule has 0 aromatic carbocycles. The normalized spacial score (nSPS) is 20.6. The van der Waals surface area contributed by atoms with Crippen molar-refractivity contribution in [1.29, 1.82) is 0 Å². The summed E-state index contributed by atoms with van der Waals surface area (Å²) in [6, 6.07) is 3.12. The maximum absolute atomic E-state index is 12.8. The van der Waals surface area contributed by atoms with Crippen LogP contribution in [0.4, 0.5) is 19.0 Å². The predicted octanol–water partition coefficient (Wildman–Crippen LogP) is 1.37. The molecule has 3 heterocycles. The zero-order valence-corrected chi connectivity index (χ0v) is 10.6. The van der Waals surface area contributed by atoms with Crippen LogP contribution < -0.4 is 4.90 Å². The quantitative estimate of drug-likeness (QED) is 0.793. The van der Waals surface area contributed by atoms with Crippen molar-refractivity contribution in [2.75, 3.05) is 24.6 Å². The summed E-state index contributed by atoms with van der Waals surface area (Å²) in [7, 11) is 0. The van der Waals surface area contributed by atoms with Crippen molar-refractivity contribution in [2.24, 2.45) is 0 Å². The van der Waals surface area contributed by atoms with Gasteiger partial charge in [0.1, 0.15) is 5.82 Å². The van der Waals surface area contributed by atoms with Crippen molar-refractivity contribution < 1.29 is 17.9 Å². The minimum absolute atomic E-state index is 0.0178. The Labute approximate surface area is 112 Å². The summed E-state index contributed by atoms with van der Waals surface area (Å²) in [5.41, 5.74) is 0.0717. The van der Waals surface area contributed by atoms with Gasteiger partial charge in [-0.3, -0.25) is 0 Å². The predicted molar refractivity (Wildman–Crippen MR) is 63.4 cm³/mol. The maximum atomic E-state index is 12.8. The van der Waals surface area contributed by atoms with E-state index in [0.29, 0.717) is 25.5 Å². The molecule has 9 heteroatoms. The van der Waals surface area contributed by atoms with Crippen molar-refractivity contribution in [3.63, 3.8) is 0 Å². The molecule has 0 saturated carbocycles. The number of morpholine rings is 1. The number of anilines is 1. The molecule has 1 unspecified atom stereocenters. The van der Waals surface area contributed by atoms with Crippen LogP contribution in [0.2, 0.25) is 0 Å². The highest BCUT2D eigenvalue weighted by Crippen LogP contribution is 2.28. The van der Waals surface area contributed by atoms with E-state index >= 15 is 0 Å². The number of nitrogens with zero attached hydrogens (tertiary/aromatic N) is 5. The van der Waals surface area contributed by atoms with Crippen molar-refractivity contribution >= 4 is 11.5 Å². The monoisotopic (exact) mass is 287 g/mol. The van der Waals surface area contributed by atoms with E-state index in [1.54, 1.807) is 6.07 Å². The summed E-state index contributed by atoms with van der Waals surface area (Å²) in [5, 5.41) is 10.6. The van der Waals surface area contributed by atoms with E-state index in [4.69, 9.17) is 4.74 Å². The number of hydrogen-bond donors (Lipinski definition) is 0. The number of alkyl halides is 3. The first-order valence-electron chi connectivity index (χ1n) is 6.11. The average Bonchev–Trinajstić information content (AvgIpc) is 2.81. The molecule has 6 nitrogen and oxygen atoms in total. The van der Waals surface area contributed by atoms with Gasteiger partial charge >= 0.3 is 6.18 Å². The second-order valence-corrected chi connectivity index (χ2v) is 4.61. The first-order valence-corrected chi connectivity index (χ1v) is 6.11. The van der Waals surface area contributed by atoms with E-state index in [0.717, 1.165) is 4.52 Å². The molecule has 1 saturated heterocycles. The van der Waals surface area contributed by atoms with Crippen LogP contribution in [0.25, 0.3) is 5.65 Å². The highest BCUT2D eigenvalue weighted by atomic mass is 19.4. The molecule has 0 bridgehead atoms. The van der Waals surface area contributed by atoms with Gasteiger partial charge < -0.3 is 9.64 Å². The topological polar surface area (TPSA) is 55.6 Å². The van der Waals surface area contributed by atoms with Gasteiger partial charge in [0, 0.05) is 13.1 Å². The number of fused-ring (bicyclic) bond motifs is 1. The molecule has 1 atom stereocenters. The second-order valence-electron chi connectivity index (χ2n) is 4.61. The third-order valence-electron chi connectivity index (χ3n) is 3.07. The molecule has 0 spiro atoms. The molecule has 0 aliphatic carbocycles. The Hall–Kier alpha value is -1.90. The lowest BCUT2D eigenvalue weighted by atomic mass is 10.3. The third-order valence-corrected chi connectivity index (χ3v) is 3.07. The van der Waals surface area contributed by atoms with Gasteiger partial charge in [0.15, 0.2) is 5.65 Å². The lowest BCUT2D eigenvalue weighted by Crippen LogP contribution is -2.41. The standard InChI is InChI=1S/C11H12F3N5O/c1-7-6-18(4-5-20-7)9-3-2-8-15-16-10(11(12,13)14)19(8)17-9/h2-3,7H,4-6H2,1H3. The van der Waals surface area contributed by atoms with Gasteiger partial charge in [-0.05, 0) is 19.1 Å². The SMILES string of the molecule is CC1CN(c2ccc3nnc(C(F)(F)F)n3n2)CCO1. The minimum Gasteiger partial charge on any atom is -0.375 e. The molecule has 1 aliphatic heterocycles. The lowest BCUT2D eigenvalue weighted by molar-refractivity contribution is -0.146. The van der Waals surface area contributed by atoms with Gasteiger partial charge in [-0.25, -0.2) is 0 Å². The number of rotatable bonds is 1. The highest BCUT2D eigenvalue weighted by molar-refractivity contribution is 5.46. The average molecular weight is 287 g/mol. The molecule has 3 rings (SSSR count). The van der Waals surface area contributed by atoms with Crippen LogP contribution in [-0.4, -0.2) is 45.6 Å². The fraction of sp³-hybridized carbons (Fsp3) is 0.545. The third kappa shape index (κ3) is 2.28. The fourth-order valence-electron chi connectivity index (χ4n) is 2.15. The highest BCUT2D eigenvalue weighted by Gasteiger charge is 2.37. The minimum atomic E-state index is -4.58. The molecule has 20 heavy (non-hydrogen) atoms. The van der Waals surface area contributed by atoms with Gasteiger partial charge in [-0.2, -0.15) is 17.7 Å². The largest absolute Gasteiger partial charge is 0.453 e. The molecular formula is C11H12F3N5O. The Balaban J connectivity index is 2.01. The van der Waals surface area contributed by atoms with Crippen LogP contribution in [0.3, 0.4) is 0 Å².